The van der Waals surface area contributed by atoms with E-state index in [4.69, 9.17) is 11.6 Å². The number of rotatable bonds is 6. The first-order valence-corrected chi connectivity index (χ1v) is 8.50. The molecule has 0 aliphatic heterocycles. The quantitative estimate of drug-likeness (QED) is 0.864. The Morgan fingerprint density at radius 1 is 1.30 bits per heavy atom. The number of carbonyl (C=O) groups excluding carboxylic acids is 2. The fraction of sp³-hybridized carbons (Fsp3) is 0.294. The molecule has 4 nitrogen and oxygen atoms in total. The number of hydrogen-bond donors (Lipinski definition) is 1. The molecule has 6 heteroatoms. The summed E-state index contributed by atoms with van der Waals surface area (Å²) >= 11 is 7.50. The smallest absolute Gasteiger partial charge is 0.225 e. The zero-order valence-corrected chi connectivity index (χ0v) is 14.7. The van der Waals surface area contributed by atoms with Gasteiger partial charge in [0, 0.05) is 30.4 Å². The average Bonchev–Trinajstić information content (AvgIpc) is 3.00. The SMILES string of the molecule is CC(=O)N[C@H](CC(=O)N(C)Cc1cccc(Cl)c1)c1cccs1. The topological polar surface area (TPSA) is 49.4 Å². The van der Waals surface area contributed by atoms with Crippen molar-refractivity contribution in [3.05, 3.63) is 57.2 Å². The zero-order valence-electron chi connectivity index (χ0n) is 13.1. The Balaban J connectivity index is 2.01. The molecular weight excluding hydrogens is 332 g/mol. The first-order chi connectivity index (χ1) is 11.0. The monoisotopic (exact) mass is 350 g/mol. The number of benzene rings is 1. The van der Waals surface area contributed by atoms with Crippen molar-refractivity contribution in [2.24, 2.45) is 0 Å². The van der Waals surface area contributed by atoms with Crippen molar-refractivity contribution in [1.29, 1.82) is 0 Å². The molecule has 23 heavy (non-hydrogen) atoms. The molecular formula is C17H19ClN2O2S. The van der Waals surface area contributed by atoms with Gasteiger partial charge in [0.1, 0.15) is 0 Å². The Labute approximate surface area is 145 Å². The second-order valence-electron chi connectivity index (χ2n) is 5.35. The molecule has 0 spiro atoms. The Morgan fingerprint density at radius 3 is 2.70 bits per heavy atom. The minimum absolute atomic E-state index is 0.0304. The molecule has 0 saturated carbocycles. The largest absolute Gasteiger partial charge is 0.348 e. The van der Waals surface area contributed by atoms with Crippen molar-refractivity contribution in [2.45, 2.75) is 25.9 Å². The van der Waals surface area contributed by atoms with Crippen LogP contribution in [0.15, 0.2) is 41.8 Å². The molecule has 1 aromatic carbocycles. The van der Waals surface area contributed by atoms with Gasteiger partial charge in [-0.3, -0.25) is 9.59 Å². The number of nitrogens with zero attached hydrogens (tertiary/aromatic N) is 1. The van der Waals surface area contributed by atoms with Crippen LogP contribution in [-0.4, -0.2) is 23.8 Å². The molecule has 0 bridgehead atoms. The number of nitrogens with one attached hydrogen (secondary N) is 1. The summed E-state index contributed by atoms with van der Waals surface area (Å²) in [4.78, 5) is 26.5. The van der Waals surface area contributed by atoms with Crippen LogP contribution in [0.5, 0.6) is 0 Å². The van der Waals surface area contributed by atoms with E-state index in [0.717, 1.165) is 10.4 Å². The van der Waals surface area contributed by atoms with Crippen LogP contribution < -0.4 is 5.32 Å². The standard InChI is InChI=1S/C17H19ClN2O2S/c1-12(21)19-15(16-7-4-8-23-16)10-17(22)20(2)11-13-5-3-6-14(18)9-13/h3-9,15H,10-11H2,1-2H3,(H,19,21)/t15-/m1/s1. The minimum atomic E-state index is -0.290. The molecule has 2 aromatic rings. The molecule has 2 amide bonds. The van der Waals surface area contributed by atoms with Gasteiger partial charge in [0.2, 0.25) is 11.8 Å². The molecule has 0 radical (unpaired) electrons. The van der Waals surface area contributed by atoms with Crippen LogP contribution in [0.3, 0.4) is 0 Å². The lowest BCUT2D eigenvalue weighted by Crippen LogP contribution is -2.33. The highest BCUT2D eigenvalue weighted by molar-refractivity contribution is 7.10. The van der Waals surface area contributed by atoms with E-state index in [1.807, 2.05) is 35.7 Å². The molecule has 1 aromatic heterocycles. The fourth-order valence-corrected chi connectivity index (χ4v) is 3.28. The number of thiophene rings is 1. The third-order valence-corrected chi connectivity index (χ3v) is 4.60. The van der Waals surface area contributed by atoms with E-state index < -0.39 is 0 Å². The first kappa shape index (κ1) is 17.5. The van der Waals surface area contributed by atoms with Crippen LogP contribution in [0, 0.1) is 0 Å². The van der Waals surface area contributed by atoms with Crippen LogP contribution >= 0.6 is 22.9 Å². The summed E-state index contributed by atoms with van der Waals surface area (Å²) < 4.78 is 0. The summed E-state index contributed by atoms with van der Waals surface area (Å²) in [6.45, 7) is 1.94. The number of halogens is 1. The number of carbonyl (C=O) groups is 2. The summed E-state index contributed by atoms with van der Waals surface area (Å²) in [6.07, 6.45) is 0.233. The van der Waals surface area contributed by atoms with Crippen molar-refractivity contribution >= 4 is 34.8 Å². The van der Waals surface area contributed by atoms with Gasteiger partial charge in [0.05, 0.1) is 12.5 Å². The highest BCUT2D eigenvalue weighted by atomic mass is 35.5. The van der Waals surface area contributed by atoms with Crippen LogP contribution in [0.2, 0.25) is 5.02 Å². The van der Waals surface area contributed by atoms with Gasteiger partial charge in [-0.1, -0.05) is 29.8 Å². The lowest BCUT2D eigenvalue weighted by Gasteiger charge is -2.22. The van der Waals surface area contributed by atoms with Gasteiger partial charge in [0.25, 0.3) is 0 Å². The van der Waals surface area contributed by atoms with Crippen LogP contribution in [0.1, 0.15) is 29.8 Å². The van der Waals surface area contributed by atoms with Gasteiger partial charge in [-0.2, -0.15) is 0 Å². The third kappa shape index (κ3) is 5.37. The summed E-state index contributed by atoms with van der Waals surface area (Å²) in [7, 11) is 1.75. The number of amides is 2. The van der Waals surface area contributed by atoms with Gasteiger partial charge < -0.3 is 10.2 Å². The molecule has 0 unspecified atom stereocenters. The summed E-state index contributed by atoms with van der Waals surface area (Å²) in [5.41, 5.74) is 0.973. The van der Waals surface area contributed by atoms with Crippen molar-refractivity contribution in [2.75, 3.05) is 7.05 Å². The second kappa shape index (κ2) is 8.13. The Kier molecular flexibility index (Phi) is 6.19. The van der Waals surface area contributed by atoms with E-state index in [1.165, 1.54) is 18.3 Å². The summed E-state index contributed by atoms with van der Waals surface area (Å²) in [5, 5.41) is 5.43. The van der Waals surface area contributed by atoms with E-state index in [0.29, 0.717) is 11.6 Å². The van der Waals surface area contributed by atoms with Gasteiger partial charge in [-0.05, 0) is 29.1 Å². The molecule has 0 aliphatic rings. The predicted molar refractivity (Wildman–Crippen MR) is 93.4 cm³/mol. The van der Waals surface area contributed by atoms with Gasteiger partial charge in [-0.25, -0.2) is 0 Å². The average molecular weight is 351 g/mol. The van der Waals surface area contributed by atoms with Gasteiger partial charge in [0.15, 0.2) is 0 Å². The van der Waals surface area contributed by atoms with E-state index >= 15 is 0 Å². The second-order valence-corrected chi connectivity index (χ2v) is 6.77. The Bertz CT molecular complexity index is 673. The molecule has 0 aliphatic carbocycles. The molecule has 122 valence electrons. The lowest BCUT2D eigenvalue weighted by molar-refractivity contribution is -0.131. The van der Waals surface area contributed by atoms with Crippen molar-refractivity contribution in [3.8, 4) is 0 Å². The van der Waals surface area contributed by atoms with Crippen molar-refractivity contribution < 1.29 is 9.59 Å². The van der Waals surface area contributed by atoms with E-state index in [2.05, 4.69) is 5.32 Å². The minimum Gasteiger partial charge on any atom is -0.348 e. The Morgan fingerprint density at radius 2 is 2.09 bits per heavy atom. The maximum absolute atomic E-state index is 12.5. The highest BCUT2D eigenvalue weighted by Crippen LogP contribution is 2.23. The molecule has 1 atom stereocenters. The predicted octanol–water partition coefficient (Wildman–Crippen LogP) is 3.63. The third-order valence-electron chi connectivity index (χ3n) is 3.38. The fourth-order valence-electron chi connectivity index (χ4n) is 2.29. The van der Waals surface area contributed by atoms with E-state index in [9.17, 15) is 9.59 Å². The Hall–Kier alpha value is -1.85. The maximum atomic E-state index is 12.5. The zero-order chi connectivity index (χ0) is 16.8. The van der Waals surface area contributed by atoms with Crippen LogP contribution in [0.4, 0.5) is 0 Å². The van der Waals surface area contributed by atoms with Crippen LogP contribution in [0.25, 0.3) is 0 Å². The lowest BCUT2D eigenvalue weighted by atomic mass is 10.1. The normalized spacial score (nSPS) is 11.8. The highest BCUT2D eigenvalue weighted by Gasteiger charge is 2.20. The van der Waals surface area contributed by atoms with E-state index in [-0.39, 0.29) is 24.3 Å². The molecule has 0 fully saturated rings. The summed E-state index contributed by atoms with van der Waals surface area (Å²) in [5.74, 6) is -0.175. The molecule has 0 saturated heterocycles. The first-order valence-electron chi connectivity index (χ1n) is 7.24. The van der Waals surface area contributed by atoms with Gasteiger partial charge in [-0.15, -0.1) is 11.3 Å². The molecule has 1 heterocycles. The molecule has 2 rings (SSSR count). The maximum Gasteiger partial charge on any atom is 0.225 e. The van der Waals surface area contributed by atoms with Crippen molar-refractivity contribution in [3.63, 3.8) is 0 Å². The van der Waals surface area contributed by atoms with Crippen molar-refractivity contribution in [1.82, 2.24) is 10.2 Å². The molecule has 1 N–H and O–H groups in total. The van der Waals surface area contributed by atoms with Gasteiger partial charge >= 0.3 is 0 Å². The van der Waals surface area contributed by atoms with E-state index in [1.54, 1.807) is 18.0 Å². The summed E-state index contributed by atoms with van der Waals surface area (Å²) in [6, 6.07) is 11.0. The number of hydrogen-bond acceptors (Lipinski definition) is 3. The van der Waals surface area contributed by atoms with Crippen LogP contribution in [-0.2, 0) is 16.1 Å².